The van der Waals surface area contributed by atoms with E-state index in [0.717, 1.165) is 48.7 Å². The first kappa shape index (κ1) is 20.9. The van der Waals surface area contributed by atoms with Crippen molar-refractivity contribution in [3.05, 3.63) is 45.1 Å². The standard InChI is InChI=1S/C22H26N6O3S/c1-14(13-32-22-23-15-8-4-5-9-16(15)31-22)12-28-17-18(26(2)21(30)25-19(17)29)24-20(28)27-10-6-3-7-11-27/h4-5,8-9,14H,3,6-7,10-13H2,1-2H3,(H,25,29,30)/t14-/m0/s1. The van der Waals surface area contributed by atoms with Crippen LogP contribution in [0.2, 0.25) is 0 Å². The van der Waals surface area contributed by atoms with Crippen molar-refractivity contribution in [2.45, 2.75) is 38.0 Å². The van der Waals surface area contributed by atoms with E-state index in [1.165, 1.54) is 11.0 Å². The summed E-state index contributed by atoms with van der Waals surface area (Å²) in [6, 6.07) is 7.72. The van der Waals surface area contributed by atoms with E-state index in [4.69, 9.17) is 9.40 Å². The molecule has 1 saturated heterocycles. The number of piperidine rings is 1. The number of benzene rings is 1. The summed E-state index contributed by atoms with van der Waals surface area (Å²) in [7, 11) is 1.64. The van der Waals surface area contributed by atoms with Crippen LogP contribution in [0.5, 0.6) is 0 Å². The molecule has 0 amide bonds. The smallest absolute Gasteiger partial charge is 0.329 e. The van der Waals surface area contributed by atoms with Gasteiger partial charge in [-0.05, 0) is 37.3 Å². The molecule has 0 unspecified atom stereocenters. The van der Waals surface area contributed by atoms with Crippen LogP contribution in [0.3, 0.4) is 0 Å². The number of anilines is 1. The molecule has 9 nitrogen and oxygen atoms in total. The lowest BCUT2D eigenvalue weighted by Gasteiger charge is -2.28. The molecule has 4 heterocycles. The van der Waals surface area contributed by atoms with E-state index >= 15 is 0 Å². The lowest BCUT2D eigenvalue weighted by atomic mass is 10.1. The van der Waals surface area contributed by atoms with Gasteiger partial charge in [-0.1, -0.05) is 30.8 Å². The van der Waals surface area contributed by atoms with Gasteiger partial charge >= 0.3 is 5.69 Å². The SMILES string of the molecule is C[C@H](CSc1nc2ccccc2o1)Cn1c(N2CCCCC2)nc2c1c(=O)[nH]c(=O)n2C. The molecule has 0 aliphatic carbocycles. The van der Waals surface area contributed by atoms with E-state index in [1.807, 2.05) is 28.8 Å². The van der Waals surface area contributed by atoms with Gasteiger partial charge in [-0.2, -0.15) is 4.98 Å². The number of H-pyrrole nitrogens is 1. The Morgan fingerprint density at radius 2 is 1.94 bits per heavy atom. The Hall–Kier alpha value is -3.01. The average molecular weight is 455 g/mol. The zero-order chi connectivity index (χ0) is 22.2. The number of rotatable bonds is 6. The molecule has 0 bridgehead atoms. The highest BCUT2D eigenvalue weighted by molar-refractivity contribution is 7.99. The third-order valence-corrected chi connectivity index (χ3v) is 7.04. The second-order valence-electron chi connectivity index (χ2n) is 8.42. The number of nitrogens with zero attached hydrogens (tertiary/aromatic N) is 5. The molecular formula is C22H26N6O3S. The molecular weight excluding hydrogens is 428 g/mol. The quantitative estimate of drug-likeness (QED) is 0.447. The molecule has 1 fully saturated rings. The second kappa shape index (κ2) is 8.50. The van der Waals surface area contributed by atoms with Crippen LogP contribution >= 0.6 is 11.8 Å². The fraction of sp³-hybridized carbons (Fsp3) is 0.455. The van der Waals surface area contributed by atoms with Crippen LogP contribution in [0.4, 0.5) is 5.95 Å². The number of imidazole rings is 1. The van der Waals surface area contributed by atoms with E-state index in [2.05, 4.69) is 21.8 Å². The maximum Gasteiger partial charge on any atom is 0.329 e. The Balaban J connectivity index is 1.44. The van der Waals surface area contributed by atoms with Crippen LogP contribution in [-0.4, -0.2) is 42.9 Å². The number of nitrogens with one attached hydrogen (secondary N) is 1. The molecule has 1 aliphatic heterocycles. The van der Waals surface area contributed by atoms with Gasteiger partial charge in [0.25, 0.3) is 10.8 Å². The zero-order valence-corrected chi connectivity index (χ0v) is 19.0. The van der Waals surface area contributed by atoms with Crippen LogP contribution < -0.4 is 16.1 Å². The molecule has 168 valence electrons. The molecule has 0 saturated carbocycles. The highest BCUT2D eigenvalue weighted by atomic mass is 32.2. The average Bonchev–Trinajstić information content (AvgIpc) is 3.38. The number of hydrogen-bond donors (Lipinski definition) is 1. The number of fused-ring (bicyclic) bond motifs is 2. The third kappa shape index (κ3) is 3.83. The van der Waals surface area contributed by atoms with Crippen molar-refractivity contribution < 1.29 is 4.42 Å². The highest BCUT2D eigenvalue weighted by Gasteiger charge is 2.24. The number of aromatic nitrogens is 5. The minimum atomic E-state index is -0.447. The Morgan fingerprint density at radius 3 is 2.72 bits per heavy atom. The Morgan fingerprint density at radius 1 is 1.16 bits per heavy atom. The predicted octanol–water partition coefficient (Wildman–Crippen LogP) is 2.98. The number of oxazole rings is 1. The van der Waals surface area contributed by atoms with E-state index in [-0.39, 0.29) is 5.92 Å². The summed E-state index contributed by atoms with van der Waals surface area (Å²) in [6.07, 6.45) is 3.40. The van der Waals surface area contributed by atoms with Gasteiger partial charge < -0.3 is 13.9 Å². The van der Waals surface area contributed by atoms with Crippen molar-refractivity contribution >= 4 is 40.0 Å². The van der Waals surface area contributed by atoms with Crippen molar-refractivity contribution in [3.8, 4) is 0 Å². The molecule has 1 aromatic carbocycles. The number of hydrogen-bond acceptors (Lipinski definition) is 7. The summed E-state index contributed by atoms with van der Waals surface area (Å²) in [4.78, 5) is 38.8. The fourth-order valence-corrected chi connectivity index (χ4v) is 5.07. The van der Waals surface area contributed by atoms with Gasteiger partial charge in [0, 0.05) is 32.4 Å². The Kier molecular flexibility index (Phi) is 5.54. The molecule has 0 radical (unpaired) electrons. The van der Waals surface area contributed by atoms with Crippen molar-refractivity contribution in [2.75, 3.05) is 23.7 Å². The summed E-state index contributed by atoms with van der Waals surface area (Å²) >= 11 is 1.57. The van der Waals surface area contributed by atoms with E-state index in [0.29, 0.717) is 22.9 Å². The summed E-state index contributed by atoms with van der Waals surface area (Å²) < 4.78 is 9.22. The minimum Gasteiger partial charge on any atom is -0.431 e. The normalized spacial score (nSPS) is 15.6. The van der Waals surface area contributed by atoms with Crippen molar-refractivity contribution in [2.24, 2.45) is 13.0 Å². The molecule has 5 rings (SSSR count). The van der Waals surface area contributed by atoms with Gasteiger partial charge in [-0.25, -0.2) is 9.78 Å². The summed E-state index contributed by atoms with van der Waals surface area (Å²) in [5, 5.41) is 0.644. The van der Waals surface area contributed by atoms with Crippen molar-refractivity contribution in [1.29, 1.82) is 0 Å². The first-order chi connectivity index (χ1) is 15.5. The van der Waals surface area contributed by atoms with Gasteiger partial charge in [0.1, 0.15) is 5.52 Å². The van der Waals surface area contributed by atoms with Gasteiger partial charge in [0.2, 0.25) is 5.95 Å². The molecule has 4 aromatic rings. The summed E-state index contributed by atoms with van der Waals surface area (Å²) in [5.74, 6) is 1.76. The van der Waals surface area contributed by atoms with Crippen molar-refractivity contribution in [3.63, 3.8) is 0 Å². The van der Waals surface area contributed by atoms with E-state index < -0.39 is 11.2 Å². The lowest BCUT2D eigenvalue weighted by Crippen LogP contribution is -2.33. The molecule has 10 heteroatoms. The predicted molar refractivity (Wildman–Crippen MR) is 126 cm³/mol. The maximum absolute atomic E-state index is 12.8. The third-order valence-electron chi connectivity index (χ3n) is 5.89. The van der Waals surface area contributed by atoms with Crippen LogP contribution in [0.1, 0.15) is 26.2 Å². The molecule has 1 N–H and O–H groups in total. The number of aryl methyl sites for hydroxylation is 1. The van der Waals surface area contributed by atoms with Crippen LogP contribution in [0.25, 0.3) is 22.3 Å². The monoisotopic (exact) mass is 454 g/mol. The van der Waals surface area contributed by atoms with Crippen molar-refractivity contribution in [1.82, 2.24) is 24.1 Å². The highest BCUT2D eigenvalue weighted by Crippen LogP contribution is 2.28. The van der Waals surface area contributed by atoms with Crippen LogP contribution in [-0.2, 0) is 13.6 Å². The second-order valence-corrected chi connectivity index (χ2v) is 9.40. The number of thioether (sulfide) groups is 1. The van der Waals surface area contributed by atoms with Crippen LogP contribution in [0.15, 0.2) is 43.5 Å². The summed E-state index contributed by atoms with van der Waals surface area (Å²) in [6.45, 7) is 4.55. The molecule has 3 aromatic heterocycles. The lowest BCUT2D eigenvalue weighted by molar-refractivity contribution is 0.484. The molecule has 1 aliphatic rings. The Labute approximate surface area is 188 Å². The number of para-hydroxylation sites is 2. The summed E-state index contributed by atoms with van der Waals surface area (Å²) in [5.41, 5.74) is 1.67. The topological polar surface area (TPSA) is 102 Å². The van der Waals surface area contributed by atoms with E-state index in [1.54, 1.807) is 18.8 Å². The molecule has 1 atom stereocenters. The van der Waals surface area contributed by atoms with Crippen LogP contribution in [0, 0.1) is 5.92 Å². The fourth-order valence-electron chi connectivity index (χ4n) is 4.22. The van der Waals surface area contributed by atoms with Gasteiger partial charge in [-0.3, -0.25) is 14.3 Å². The minimum absolute atomic E-state index is 0.215. The Bertz CT molecular complexity index is 1350. The largest absolute Gasteiger partial charge is 0.431 e. The molecule has 32 heavy (non-hydrogen) atoms. The maximum atomic E-state index is 12.8. The first-order valence-corrected chi connectivity index (χ1v) is 11.9. The molecule has 0 spiro atoms. The number of aromatic amines is 1. The first-order valence-electron chi connectivity index (χ1n) is 10.9. The van der Waals surface area contributed by atoms with Gasteiger partial charge in [-0.15, -0.1) is 0 Å². The van der Waals surface area contributed by atoms with Gasteiger partial charge in [0.05, 0.1) is 0 Å². The zero-order valence-electron chi connectivity index (χ0n) is 18.2. The van der Waals surface area contributed by atoms with Gasteiger partial charge in [0.15, 0.2) is 16.7 Å². The van der Waals surface area contributed by atoms with E-state index in [9.17, 15) is 9.59 Å².